The van der Waals surface area contributed by atoms with E-state index in [1.807, 2.05) is 0 Å². The summed E-state index contributed by atoms with van der Waals surface area (Å²) in [5.41, 5.74) is 0. The molecule has 1 fully saturated rings. The van der Waals surface area contributed by atoms with Gasteiger partial charge in [0.25, 0.3) is 0 Å². The van der Waals surface area contributed by atoms with E-state index in [1.165, 1.54) is 18.6 Å². The summed E-state index contributed by atoms with van der Waals surface area (Å²) in [6.07, 6.45) is 8.62. The van der Waals surface area contributed by atoms with E-state index in [1.54, 1.807) is 0 Å². The summed E-state index contributed by atoms with van der Waals surface area (Å²) in [6.45, 7) is 4.55. The van der Waals surface area contributed by atoms with Gasteiger partial charge in [-0.15, -0.1) is 0 Å². The van der Waals surface area contributed by atoms with Gasteiger partial charge in [0.2, 0.25) is 11.6 Å². The van der Waals surface area contributed by atoms with Crippen LogP contribution in [0, 0.1) is 23.5 Å². The molecule has 1 aliphatic carbocycles. The molecule has 0 saturated heterocycles. The molecule has 2 rings (SSSR count). The molecule has 3 nitrogen and oxygen atoms in total. The lowest BCUT2D eigenvalue weighted by atomic mass is 9.80. The molecule has 26 heavy (non-hydrogen) atoms. The number of esters is 1. The molecule has 0 unspecified atom stereocenters. The molecule has 1 aromatic rings. The Hall–Kier alpha value is -1.65. The van der Waals surface area contributed by atoms with Gasteiger partial charge in [0, 0.05) is 0 Å². The van der Waals surface area contributed by atoms with Crippen LogP contribution in [0.2, 0.25) is 0 Å². The topological polar surface area (TPSA) is 35.5 Å². The summed E-state index contributed by atoms with van der Waals surface area (Å²) in [7, 11) is 0. The smallest absolute Gasteiger partial charge is 0.314 e. The molecule has 1 aromatic carbocycles. The second-order valence-electron chi connectivity index (χ2n) is 7.17. The van der Waals surface area contributed by atoms with Gasteiger partial charge in [-0.25, -0.2) is 0 Å². The molecule has 0 radical (unpaired) electrons. The van der Waals surface area contributed by atoms with E-state index in [0.717, 1.165) is 51.4 Å². The summed E-state index contributed by atoms with van der Waals surface area (Å²) in [4.78, 5) is 12.3. The normalized spacial score (nSPS) is 20.0. The summed E-state index contributed by atoms with van der Waals surface area (Å²) >= 11 is 0. The maximum Gasteiger partial charge on any atom is 0.314 e. The quantitative estimate of drug-likeness (QED) is 0.302. The SMILES string of the molecule is CCCCCOc1ccc(OC(=O)C2CCC(CCC)CC2)c(F)c1F. The van der Waals surface area contributed by atoms with Crippen molar-refractivity contribution in [3.8, 4) is 11.5 Å². The molecule has 5 heteroatoms. The number of carbonyl (C=O) groups is 1. The van der Waals surface area contributed by atoms with Crippen LogP contribution in [-0.2, 0) is 4.79 Å². The van der Waals surface area contributed by atoms with E-state index in [4.69, 9.17) is 9.47 Å². The van der Waals surface area contributed by atoms with Crippen molar-refractivity contribution >= 4 is 5.97 Å². The van der Waals surface area contributed by atoms with Crippen LogP contribution in [0.5, 0.6) is 11.5 Å². The first-order valence-electron chi connectivity index (χ1n) is 9.89. The highest BCUT2D eigenvalue weighted by Crippen LogP contribution is 2.34. The monoisotopic (exact) mass is 368 g/mol. The Morgan fingerprint density at radius 2 is 1.65 bits per heavy atom. The Balaban J connectivity index is 1.91. The molecule has 0 heterocycles. The van der Waals surface area contributed by atoms with Gasteiger partial charge >= 0.3 is 5.97 Å². The van der Waals surface area contributed by atoms with Crippen molar-refractivity contribution in [3.05, 3.63) is 23.8 Å². The van der Waals surface area contributed by atoms with E-state index in [-0.39, 0.29) is 17.4 Å². The van der Waals surface area contributed by atoms with Crippen LogP contribution in [0.3, 0.4) is 0 Å². The molecular formula is C21H30F2O3. The summed E-state index contributed by atoms with van der Waals surface area (Å²) in [5.74, 6) is -2.78. The number of benzene rings is 1. The Bertz CT molecular complexity index is 581. The van der Waals surface area contributed by atoms with Gasteiger partial charge in [-0.2, -0.15) is 8.78 Å². The standard InChI is InChI=1S/C21H30F2O3/c1-3-5-6-14-25-17-12-13-18(20(23)19(17)22)26-21(24)16-10-8-15(7-4-2)9-11-16/h12-13,15-16H,3-11,14H2,1-2H3. The summed E-state index contributed by atoms with van der Waals surface area (Å²) < 4.78 is 38.7. The minimum atomic E-state index is -1.16. The van der Waals surface area contributed by atoms with Crippen LogP contribution in [-0.4, -0.2) is 12.6 Å². The van der Waals surface area contributed by atoms with Crippen LogP contribution < -0.4 is 9.47 Å². The van der Waals surface area contributed by atoms with Gasteiger partial charge in [-0.1, -0.05) is 39.5 Å². The van der Waals surface area contributed by atoms with Gasteiger partial charge in [-0.05, 0) is 50.2 Å². The maximum absolute atomic E-state index is 14.2. The second kappa shape index (κ2) is 10.5. The average Bonchev–Trinajstić information content (AvgIpc) is 2.65. The molecule has 0 aromatic heterocycles. The first-order chi connectivity index (χ1) is 12.6. The van der Waals surface area contributed by atoms with E-state index in [9.17, 15) is 13.6 Å². The molecule has 1 aliphatic rings. The largest absolute Gasteiger partial charge is 0.490 e. The fourth-order valence-electron chi connectivity index (χ4n) is 3.53. The van der Waals surface area contributed by atoms with Crippen LogP contribution in [0.25, 0.3) is 0 Å². The Morgan fingerprint density at radius 1 is 1.00 bits per heavy atom. The maximum atomic E-state index is 14.2. The third-order valence-corrected chi connectivity index (χ3v) is 5.10. The van der Waals surface area contributed by atoms with E-state index in [0.29, 0.717) is 12.5 Å². The minimum absolute atomic E-state index is 0.140. The Kier molecular flexibility index (Phi) is 8.33. The Labute approximate surface area is 155 Å². The lowest BCUT2D eigenvalue weighted by Crippen LogP contribution is -2.26. The molecule has 0 N–H and O–H groups in total. The van der Waals surface area contributed by atoms with Gasteiger partial charge < -0.3 is 9.47 Å². The van der Waals surface area contributed by atoms with Crippen molar-refractivity contribution in [2.45, 2.75) is 71.6 Å². The molecule has 0 atom stereocenters. The lowest BCUT2D eigenvalue weighted by Gasteiger charge is -2.26. The number of unbranched alkanes of at least 4 members (excludes halogenated alkanes) is 2. The third kappa shape index (κ3) is 5.68. The molecular weight excluding hydrogens is 338 g/mol. The van der Waals surface area contributed by atoms with Crippen molar-refractivity contribution in [1.82, 2.24) is 0 Å². The van der Waals surface area contributed by atoms with Crippen molar-refractivity contribution in [2.75, 3.05) is 6.61 Å². The zero-order chi connectivity index (χ0) is 18.9. The molecule has 0 amide bonds. The van der Waals surface area contributed by atoms with Crippen LogP contribution >= 0.6 is 0 Å². The lowest BCUT2D eigenvalue weighted by molar-refractivity contribution is -0.140. The summed E-state index contributed by atoms with van der Waals surface area (Å²) in [6, 6.07) is 2.60. The predicted octanol–water partition coefficient (Wildman–Crippen LogP) is 6.05. The third-order valence-electron chi connectivity index (χ3n) is 5.10. The van der Waals surface area contributed by atoms with Crippen LogP contribution in [0.15, 0.2) is 12.1 Å². The molecule has 0 spiro atoms. The minimum Gasteiger partial charge on any atom is -0.490 e. The Morgan fingerprint density at radius 3 is 2.31 bits per heavy atom. The zero-order valence-corrected chi connectivity index (χ0v) is 15.9. The highest BCUT2D eigenvalue weighted by molar-refractivity contribution is 5.75. The van der Waals surface area contributed by atoms with Crippen LogP contribution in [0.4, 0.5) is 8.78 Å². The molecule has 146 valence electrons. The first kappa shape index (κ1) is 20.7. The number of halogens is 2. The molecule has 0 aliphatic heterocycles. The van der Waals surface area contributed by atoms with Gasteiger partial charge in [0.05, 0.1) is 12.5 Å². The number of rotatable bonds is 9. The highest BCUT2D eigenvalue weighted by atomic mass is 19.2. The molecule has 1 saturated carbocycles. The average molecular weight is 368 g/mol. The number of hydrogen-bond acceptors (Lipinski definition) is 3. The fourth-order valence-corrected chi connectivity index (χ4v) is 3.53. The second-order valence-corrected chi connectivity index (χ2v) is 7.17. The number of ether oxygens (including phenoxy) is 2. The van der Waals surface area contributed by atoms with Crippen LogP contribution in [0.1, 0.15) is 71.6 Å². The predicted molar refractivity (Wildman–Crippen MR) is 97.4 cm³/mol. The van der Waals surface area contributed by atoms with E-state index >= 15 is 0 Å². The van der Waals surface area contributed by atoms with Crippen molar-refractivity contribution in [2.24, 2.45) is 11.8 Å². The zero-order valence-electron chi connectivity index (χ0n) is 15.9. The van der Waals surface area contributed by atoms with Crippen molar-refractivity contribution in [1.29, 1.82) is 0 Å². The van der Waals surface area contributed by atoms with E-state index < -0.39 is 17.6 Å². The summed E-state index contributed by atoms with van der Waals surface area (Å²) in [5, 5.41) is 0. The number of carbonyl (C=O) groups excluding carboxylic acids is 1. The van der Waals surface area contributed by atoms with Gasteiger partial charge in [0.15, 0.2) is 11.5 Å². The van der Waals surface area contributed by atoms with E-state index in [2.05, 4.69) is 13.8 Å². The number of hydrogen-bond donors (Lipinski definition) is 0. The van der Waals surface area contributed by atoms with Gasteiger partial charge in [-0.3, -0.25) is 4.79 Å². The van der Waals surface area contributed by atoms with Gasteiger partial charge in [0.1, 0.15) is 0 Å². The van der Waals surface area contributed by atoms with Crippen molar-refractivity contribution < 1.29 is 23.0 Å². The first-order valence-corrected chi connectivity index (χ1v) is 9.89. The fraction of sp³-hybridized carbons (Fsp3) is 0.667. The van der Waals surface area contributed by atoms with Crippen molar-refractivity contribution in [3.63, 3.8) is 0 Å². The molecule has 0 bridgehead atoms. The highest BCUT2D eigenvalue weighted by Gasteiger charge is 2.28.